The number of piperazine rings is 1. The van der Waals surface area contributed by atoms with Crippen LogP contribution in [-0.2, 0) is 9.47 Å². The number of pyridine rings is 1. The number of ether oxygens (including phenoxy) is 4. The number of methoxy groups -OCH3 is 1. The van der Waals surface area contributed by atoms with Crippen LogP contribution in [0.15, 0.2) is 30.5 Å². The van der Waals surface area contributed by atoms with E-state index in [4.69, 9.17) is 30.4 Å². The zero-order valence-corrected chi connectivity index (χ0v) is 30.4. The number of hydrogen-bond acceptors (Lipinski definition) is 10. The van der Waals surface area contributed by atoms with E-state index in [1.165, 1.54) is 31.5 Å². The van der Waals surface area contributed by atoms with Crippen LogP contribution >= 0.6 is 0 Å². The smallest absolute Gasteiger partial charge is 0.410 e. The van der Waals surface area contributed by atoms with Crippen molar-refractivity contribution >= 4 is 33.6 Å². The molecule has 2 aromatic heterocycles. The number of benzene rings is 2. The number of aromatic nitrogens is 3. The molecular formula is C40H44F2N6O5. The standard InChI is InChI=1S/C40H44F2N6O5/c1-6-28-31(41)12-9-24-17-27(52-23-50-5)18-29(32(24)28)34-33(42)35-30(19-43-34)36(45-37(44-35)51-22-40-13-7-15-47(40)16-8-14-40)46-20-25-10-11-26(21-46)48(25)38(49)53-39(2,3)4/h1,9,12,17-19,25-26H,7-8,10-11,13-16,20-23H2,2-5H3/i22D2. The van der Waals surface area contributed by atoms with Crippen LogP contribution in [0.3, 0.4) is 0 Å². The van der Waals surface area contributed by atoms with Gasteiger partial charge >= 0.3 is 12.1 Å². The molecule has 0 aliphatic carbocycles. The molecule has 11 nitrogen and oxygen atoms in total. The van der Waals surface area contributed by atoms with Crippen LogP contribution in [0, 0.1) is 24.0 Å². The van der Waals surface area contributed by atoms with Crippen molar-refractivity contribution in [1.82, 2.24) is 24.8 Å². The molecule has 4 aliphatic heterocycles. The number of carbonyl (C=O) groups is 1. The molecule has 13 heteroatoms. The van der Waals surface area contributed by atoms with Crippen LogP contribution in [0.1, 0.15) is 67.6 Å². The first-order valence-corrected chi connectivity index (χ1v) is 18.1. The van der Waals surface area contributed by atoms with E-state index in [0.29, 0.717) is 42.9 Å². The maximum Gasteiger partial charge on any atom is 0.410 e. The van der Waals surface area contributed by atoms with Gasteiger partial charge in [0.2, 0.25) is 0 Å². The van der Waals surface area contributed by atoms with Crippen molar-refractivity contribution in [2.24, 2.45) is 0 Å². The second-order valence-corrected chi connectivity index (χ2v) is 15.3. The molecule has 2 bridgehead atoms. The summed E-state index contributed by atoms with van der Waals surface area (Å²) in [6, 6.07) is 5.24. The van der Waals surface area contributed by atoms with E-state index >= 15 is 8.78 Å². The summed E-state index contributed by atoms with van der Waals surface area (Å²) in [4.78, 5) is 33.1. The van der Waals surface area contributed by atoms with Gasteiger partial charge in [0.1, 0.15) is 40.8 Å². The summed E-state index contributed by atoms with van der Waals surface area (Å²) in [6.07, 6.45) is 11.3. The lowest BCUT2D eigenvalue weighted by Gasteiger charge is -2.42. The van der Waals surface area contributed by atoms with Gasteiger partial charge in [0.25, 0.3) is 0 Å². The Balaban J connectivity index is 1.27. The fourth-order valence-electron chi connectivity index (χ4n) is 8.55. The number of terminal acetylenes is 1. The number of nitrogens with zero attached hydrogens (tertiary/aromatic N) is 6. The summed E-state index contributed by atoms with van der Waals surface area (Å²) in [6.45, 7) is 5.46. The lowest BCUT2D eigenvalue weighted by molar-refractivity contribution is 0.0122. The van der Waals surface area contributed by atoms with Gasteiger partial charge in [-0.25, -0.2) is 13.6 Å². The average molecular weight is 729 g/mol. The summed E-state index contributed by atoms with van der Waals surface area (Å²) in [7, 11) is 1.47. The molecule has 1 amide bonds. The summed E-state index contributed by atoms with van der Waals surface area (Å²) in [5.41, 5.74) is -1.75. The molecule has 6 heterocycles. The topological polar surface area (TPSA) is 102 Å². The van der Waals surface area contributed by atoms with Crippen LogP contribution in [0.25, 0.3) is 32.9 Å². The maximum atomic E-state index is 17.4. The fraction of sp³-hybridized carbons (Fsp3) is 0.500. The maximum absolute atomic E-state index is 17.4. The zero-order chi connectivity index (χ0) is 38.9. The predicted molar refractivity (Wildman–Crippen MR) is 196 cm³/mol. The molecule has 4 aliphatic rings. The van der Waals surface area contributed by atoms with E-state index in [-0.39, 0.29) is 64.1 Å². The summed E-state index contributed by atoms with van der Waals surface area (Å²) >= 11 is 0. The normalized spacial score (nSPS) is 21.8. The Morgan fingerprint density at radius 1 is 1.09 bits per heavy atom. The molecule has 8 rings (SSSR count). The van der Waals surface area contributed by atoms with Crippen molar-refractivity contribution in [1.29, 1.82) is 0 Å². The van der Waals surface area contributed by atoms with Crippen LogP contribution in [-0.4, -0.2) is 101 Å². The highest BCUT2D eigenvalue weighted by molar-refractivity contribution is 6.03. The third-order valence-corrected chi connectivity index (χ3v) is 10.8. The number of fused-ring (bicyclic) bond motifs is 5. The van der Waals surface area contributed by atoms with Crippen LogP contribution in [0.5, 0.6) is 11.8 Å². The molecule has 4 fully saturated rings. The Hall–Kier alpha value is -4.80. The highest BCUT2D eigenvalue weighted by atomic mass is 19.1. The first-order chi connectivity index (χ1) is 26.2. The van der Waals surface area contributed by atoms with E-state index in [0.717, 1.165) is 38.8 Å². The quantitative estimate of drug-likeness (QED) is 0.144. The van der Waals surface area contributed by atoms with Gasteiger partial charge in [-0.3, -0.25) is 14.8 Å². The Kier molecular flexibility index (Phi) is 8.40. The Morgan fingerprint density at radius 3 is 2.51 bits per heavy atom. The lowest BCUT2D eigenvalue weighted by Crippen LogP contribution is -2.57. The minimum Gasteiger partial charge on any atom is -0.468 e. The third kappa shape index (κ3) is 6.35. The second kappa shape index (κ2) is 13.6. The first kappa shape index (κ1) is 32.8. The number of amides is 1. The number of halogens is 2. The fourth-order valence-corrected chi connectivity index (χ4v) is 8.55. The van der Waals surface area contributed by atoms with Gasteiger partial charge in [-0.2, -0.15) is 9.97 Å². The van der Waals surface area contributed by atoms with E-state index in [1.54, 1.807) is 11.0 Å². The van der Waals surface area contributed by atoms with Crippen LogP contribution in [0.4, 0.5) is 19.4 Å². The van der Waals surface area contributed by atoms with Gasteiger partial charge < -0.3 is 23.8 Å². The molecule has 2 unspecified atom stereocenters. The van der Waals surface area contributed by atoms with Crippen molar-refractivity contribution in [3.63, 3.8) is 0 Å². The minimum atomic E-state index is -2.20. The van der Waals surface area contributed by atoms with Crippen molar-refractivity contribution in [2.45, 2.75) is 82.5 Å². The van der Waals surface area contributed by atoms with E-state index < -0.39 is 29.3 Å². The van der Waals surface area contributed by atoms with E-state index in [1.807, 2.05) is 25.7 Å². The summed E-state index contributed by atoms with van der Waals surface area (Å²) < 4.78 is 73.8. The van der Waals surface area contributed by atoms with Crippen molar-refractivity contribution in [2.75, 3.05) is 51.5 Å². The van der Waals surface area contributed by atoms with E-state index in [9.17, 15) is 7.54 Å². The molecule has 4 saturated heterocycles. The first-order valence-electron chi connectivity index (χ1n) is 19.1. The monoisotopic (exact) mass is 728 g/mol. The van der Waals surface area contributed by atoms with Gasteiger partial charge in [0, 0.05) is 37.3 Å². The van der Waals surface area contributed by atoms with Crippen molar-refractivity contribution in [3.05, 3.63) is 47.7 Å². The lowest BCUT2D eigenvalue weighted by atomic mass is 9.95. The average Bonchev–Trinajstić information content (AvgIpc) is 3.82. The van der Waals surface area contributed by atoms with Gasteiger partial charge in [-0.1, -0.05) is 12.0 Å². The zero-order valence-electron chi connectivity index (χ0n) is 32.4. The summed E-state index contributed by atoms with van der Waals surface area (Å²) in [5.74, 6) is 1.52. The number of carbonyl (C=O) groups excluding carboxylic acids is 1. The molecule has 0 N–H and O–H groups in total. The van der Waals surface area contributed by atoms with Crippen LogP contribution in [0.2, 0.25) is 0 Å². The highest BCUT2D eigenvalue weighted by Crippen LogP contribution is 2.42. The molecule has 4 aromatic rings. The Morgan fingerprint density at radius 2 is 1.83 bits per heavy atom. The largest absolute Gasteiger partial charge is 0.468 e. The summed E-state index contributed by atoms with van der Waals surface area (Å²) in [5, 5.41) is 1.02. The van der Waals surface area contributed by atoms with Crippen molar-refractivity contribution < 1.29 is 35.3 Å². The molecule has 0 radical (unpaired) electrons. The molecule has 2 aromatic carbocycles. The highest BCUT2D eigenvalue weighted by Gasteiger charge is 2.46. The predicted octanol–water partition coefficient (Wildman–Crippen LogP) is 6.68. The van der Waals surface area contributed by atoms with Crippen molar-refractivity contribution in [3.8, 4) is 35.4 Å². The molecule has 53 heavy (non-hydrogen) atoms. The number of rotatable bonds is 8. The molecule has 278 valence electrons. The minimum absolute atomic E-state index is 0.0667. The second-order valence-electron chi connectivity index (χ2n) is 15.3. The van der Waals surface area contributed by atoms with Gasteiger partial charge in [-0.05, 0) is 96.0 Å². The molecular weight excluding hydrogens is 682 g/mol. The SMILES string of the molecule is [2H]C([2H])(Oc1nc(N2CC3CCC(C2)N3C(=O)OC(C)(C)C)c2cnc(-c3cc(OCOC)cc4ccc(F)c(C#C)c34)c(F)c2n1)C12CCCN1CCC2. The van der Waals surface area contributed by atoms with Gasteiger partial charge in [0.15, 0.2) is 12.6 Å². The van der Waals surface area contributed by atoms with E-state index in [2.05, 4.69) is 20.8 Å². The third-order valence-electron chi connectivity index (χ3n) is 10.8. The Bertz CT molecular complexity index is 2200. The molecule has 0 spiro atoms. The number of anilines is 1. The number of hydrogen-bond donors (Lipinski definition) is 0. The molecule has 2 atom stereocenters. The van der Waals surface area contributed by atoms with Crippen LogP contribution < -0.4 is 14.4 Å². The molecule has 0 saturated carbocycles. The van der Waals surface area contributed by atoms with Gasteiger partial charge in [-0.15, -0.1) is 6.42 Å². The van der Waals surface area contributed by atoms with Gasteiger partial charge in [0.05, 0.1) is 31.3 Å². The Labute approximate surface area is 310 Å².